The summed E-state index contributed by atoms with van der Waals surface area (Å²) in [5.41, 5.74) is 1.12. The van der Waals surface area contributed by atoms with Crippen LogP contribution in [0.5, 0.6) is 0 Å². The minimum atomic E-state index is -4.37. The molecule has 0 aliphatic carbocycles. The fraction of sp³-hybridized carbons (Fsp3) is 0.409. The monoisotopic (exact) mass is 390 g/mol. The van der Waals surface area contributed by atoms with Crippen molar-refractivity contribution in [3.05, 3.63) is 59.7 Å². The number of alkyl halides is 3. The van der Waals surface area contributed by atoms with Gasteiger partial charge in [-0.25, -0.2) is 0 Å². The van der Waals surface area contributed by atoms with E-state index in [9.17, 15) is 18.0 Å². The molecule has 2 aromatic rings. The second-order valence-electron chi connectivity index (χ2n) is 7.16. The van der Waals surface area contributed by atoms with Gasteiger partial charge in [0.2, 0.25) is 0 Å². The highest BCUT2D eigenvalue weighted by Crippen LogP contribution is 2.32. The van der Waals surface area contributed by atoms with Gasteiger partial charge in [0.25, 0.3) is 5.91 Å². The second-order valence-corrected chi connectivity index (χ2v) is 7.16. The number of halogens is 3. The number of benzene rings is 2. The number of nitrogens with one attached hydrogen (secondary N) is 1. The predicted octanol–water partition coefficient (Wildman–Crippen LogP) is 4.83. The summed E-state index contributed by atoms with van der Waals surface area (Å²) in [6.45, 7) is 5.41. The third-order valence-corrected chi connectivity index (χ3v) is 5.27. The Labute approximate surface area is 163 Å². The van der Waals surface area contributed by atoms with Gasteiger partial charge in [0.05, 0.1) is 5.56 Å². The van der Waals surface area contributed by atoms with Crippen molar-refractivity contribution in [1.82, 2.24) is 10.2 Å². The smallest absolute Gasteiger partial charge is 0.339 e. The Morgan fingerprint density at radius 1 is 1.07 bits per heavy atom. The maximum absolute atomic E-state index is 13.1. The Hall–Kier alpha value is -2.34. The number of carbonyl (C=O) groups excluding carboxylic acids is 1. The van der Waals surface area contributed by atoms with Crippen molar-refractivity contribution in [3.8, 4) is 11.1 Å². The molecule has 6 heteroatoms. The first kappa shape index (κ1) is 20.4. The lowest BCUT2D eigenvalue weighted by atomic mass is 9.94. The van der Waals surface area contributed by atoms with Gasteiger partial charge in [0.1, 0.15) is 0 Å². The van der Waals surface area contributed by atoms with Crippen molar-refractivity contribution in [3.63, 3.8) is 0 Å². The lowest BCUT2D eigenvalue weighted by molar-refractivity contribution is -0.137. The molecule has 28 heavy (non-hydrogen) atoms. The zero-order valence-corrected chi connectivity index (χ0v) is 15.9. The molecule has 1 aliphatic rings. The summed E-state index contributed by atoms with van der Waals surface area (Å²) >= 11 is 0. The molecule has 0 radical (unpaired) electrons. The zero-order valence-electron chi connectivity index (χ0n) is 15.9. The number of nitrogens with zero attached hydrogens (tertiary/aromatic N) is 1. The van der Waals surface area contributed by atoms with Gasteiger partial charge in [0, 0.05) is 18.7 Å². The molecule has 2 aromatic carbocycles. The molecule has 0 atom stereocenters. The minimum Gasteiger partial charge on any atom is -0.339 e. The van der Waals surface area contributed by atoms with Gasteiger partial charge < -0.3 is 10.2 Å². The molecule has 1 heterocycles. The molecule has 0 saturated carbocycles. The van der Waals surface area contributed by atoms with Crippen molar-refractivity contribution in [2.45, 2.75) is 25.9 Å². The summed E-state index contributed by atoms with van der Waals surface area (Å²) in [4.78, 5) is 14.9. The molecule has 1 saturated heterocycles. The van der Waals surface area contributed by atoms with Crippen molar-refractivity contribution >= 4 is 5.91 Å². The number of rotatable bonds is 5. The van der Waals surface area contributed by atoms with E-state index in [0.717, 1.165) is 38.1 Å². The summed E-state index contributed by atoms with van der Waals surface area (Å²) < 4.78 is 38.4. The predicted molar refractivity (Wildman–Crippen MR) is 104 cm³/mol. The first-order chi connectivity index (χ1) is 13.4. The summed E-state index contributed by atoms with van der Waals surface area (Å²) in [5.74, 6) is 0.520. The van der Waals surface area contributed by atoms with Gasteiger partial charge in [0.15, 0.2) is 0 Å². The molecule has 0 aromatic heterocycles. The van der Waals surface area contributed by atoms with Crippen molar-refractivity contribution < 1.29 is 18.0 Å². The fourth-order valence-electron chi connectivity index (χ4n) is 3.62. The number of hydrogen-bond donors (Lipinski definition) is 1. The van der Waals surface area contributed by atoms with Gasteiger partial charge >= 0.3 is 6.18 Å². The SMILES string of the molecule is CCNCC1CCN(C(=O)c2ccccc2-c2ccc(C(F)(F)F)cc2)CC1. The van der Waals surface area contributed by atoms with Crippen molar-refractivity contribution in [2.75, 3.05) is 26.2 Å². The molecule has 150 valence electrons. The van der Waals surface area contributed by atoms with Crippen LogP contribution >= 0.6 is 0 Å². The molecule has 3 rings (SSSR count). The minimum absolute atomic E-state index is 0.0580. The zero-order chi connectivity index (χ0) is 20.1. The summed E-state index contributed by atoms with van der Waals surface area (Å²) in [6, 6.07) is 12.1. The van der Waals surface area contributed by atoms with E-state index >= 15 is 0 Å². The number of amides is 1. The number of carbonyl (C=O) groups is 1. The van der Waals surface area contributed by atoms with Crippen LogP contribution in [0.2, 0.25) is 0 Å². The molecule has 0 spiro atoms. The highest BCUT2D eigenvalue weighted by molar-refractivity contribution is 6.01. The maximum atomic E-state index is 13.1. The van der Waals surface area contributed by atoms with Crippen molar-refractivity contribution in [1.29, 1.82) is 0 Å². The second kappa shape index (κ2) is 8.78. The molecule has 0 unspecified atom stereocenters. The van der Waals surface area contributed by atoms with E-state index in [-0.39, 0.29) is 5.91 Å². The fourth-order valence-corrected chi connectivity index (χ4v) is 3.62. The third-order valence-electron chi connectivity index (χ3n) is 5.27. The highest BCUT2D eigenvalue weighted by atomic mass is 19.4. The van der Waals surface area contributed by atoms with Crippen LogP contribution in [0.4, 0.5) is 13.2 Å². The molecule has 1 amide bonds. The summed E-state index contributed by atoms with van der Waals surface area (Å²) in [6.07, 6.45) is -2.45. The topological polar surface area (TPSA) is 32.3 Å². The first-order valence-electron chi connectivity index (χ1n) is 9.66. The summed E-state index contributed by atoms with van der Waals surface area (Å²) in [7, 11) is 0. The van der Waals surface area contributed by atoms with Gasteiger partial charge in [-0.3, -0.25) is 4.79 Å². The number of likely N-dealkylation sites (tertiary alicyclic amines) is 1. The van der Waals surface area contributed by atoms with E-state index in [4.69, 9.17) is 0 Å². The Balaban J connectivity index is 1.76. The van der Waals surface area contributed by atoms with Crippen molar-refractivity contribution in [2.24, 2.45) is 5.92 Å². The Kier molecular flexibility index (Phi) is 6.39. The van der Waals surface area contributed by atoms with E-state index in [1.807, 2.05) is 4.90 Å². The highest BCUT2D eigenvalue weighted by Gasteiger charge is 2.30. The molecule has 1 fully saturated rings. The molecular weight excluding hydrogens is 365 g/mol. The van der Waals surface area contributed by atoms with Crippen LogP contribution in [0.15, 0.2) is 48.5 Å². The van der Waals surface area contributed by atoms with Gasteiger partial charge in [-0.05, 0) is 61.2 Å². The van der Waals surface area contributed by atoms with E-state index in [0.29, 0.717) is 35.7 Å². The molecule has 1 N–H and O–H groups in total. The standard InChI is InChI=1S/C22H25F3N2O/c1-2-26-15-16-11-13-27(14-12-16)21(28)20-6-4-3-5-19(20)17-7-9-18(10-8-17)22(23,24)25/h3-10,16,26H,2,11-15H2,1H3. The van der Waals surface area contributed by atoms with Crippen LogP contribution in [0.25, 0.3) is 11.1 Å². The third kappa shape index (κ3) is 4.73. The first-order valence-corrected chi connectivity index (χ1v) is 9.66. The van der Waals surface area contributed by atoms with Gasteiger partial charge in [-0.1, -0.05) is 37.3 Å². The molecule has 1 aliphatic heterocycles. The average molecular weight is 390 g/mol. The van der Waals surface area contributed by atoms with E-state index in [2.05, 4.69) is 12.2 Å². The number of hydrogen-bond acceptors (Lipinski definition) is 2. The van der Waals surface area contributed by atoms with E-state index in [1.54, 1.807) is 24.3 Å². The van der Waals surface area contributed by atoms with Crippen LogP contribution in [-0.4, -0.2) is 37.0 Å². The Morgan fingerprint density at radius 2 is 1.71 bits per heavy atom. The quantitative estimate of drug-likeness (QED) is 0.793. The van der Waals surface area contributed by atoms with Crippen LogP contribution in [0.1, 0.15) is 35.7 Å². The normalized spacial score (nSPS) is 15.6. The van der Waals surface area contributed by atoms with E-state index < -0.39 is 11.7 Å². The molecule has 3 nitrogen and oxygen atoms in total. The maximum Gasteiger partial charge on any atom is 0.416 e. The van der Waals surface area contributed by atoms with Gasteiger partial charge in [-0.2, -0.15) is 13.2 Å². The number of piperidine rings is 1. The van der Waals surface area contributed by atoms with Crippen LogP contribution in [0.3, 0.4) is 0 Å². The molecule has 0 bridgehead atoms. The van der Waals surface area contributed by atoms with Crippen LogP contribution in [0, 0.1) is 5.92 Å². The van der Waals surface area contributed by atoms with Crippen LogP contribution < -0.4 is 5.32 Å². The Morgan fingerprint density at radius 3 is 2.32 bits per heavy atom. The molecular formula is C22H25F3N2O. The van der Waals surface area contributed by atoms with Gasteiger partial charge in [-0.15, -0.1) is 0 Å². The van der Waals surface area contributed by atoms with Crippen LogP contribution in [-0.2, 0) is 6.18 Å². The largest absolute Gasteiger partial charge is 0.416 e. The lowest BCUT2D eigenvalue weighted by Gasteiger charge is -2.32. The summed E-state index contributed by atoms with van der Waals surface area (Å²) in [5, 5.41) is 3.36. The van der Waals surface area contributed by atoms with E-state index in [1.165, 1.54) is 12.1 Å². The lowest BCUT2D eigenvalue weighted by Crippen LogP contribution is -2.40. The average Bonchev–Trinajstić information content (AvgIpc) is 2.71. The Bertz CT molecular complexity index is 794.